The lowest BCUT2D eigenvalue weighted by Gasteiger charge is -1.91. The van der Waals surface area contributed by atoms with Crippen LogP contribution < -0.4 is 0 Å². The van der Waals surface area contributed by atoms with Gasteiger partial charge < -0.3 is 0 Å². The molecule has 0 bridgehead atoms. The molecule has 3 rings (SSSR count). The van der Waals surface area contributed by atoms with Crippen LogP contribution >= 0.6 is 22.7 Å². The van der Waals surface area contributed by atoms with Gasteiger partial charge in [-0.15, -0.1) is 22.7 Å². The van der Waals surface area contributed by atoms with E-state index < -0.39 is 9.84 Å². The van der Waals surface area contributed by atoms with Crippen molar-refractivity contribution < 1.29 is 8.42 Å². The number of thiophene rings is 2. The van der Waals surface area contributed by atoms with Crippen LogP contribution in [0.4, 0.5) is 0 Å². The molecule has 0 saturated heterocycles. The first-order valence-electron chi connectivity index (χ1n) is 4.46. The first-order valence-corrected chi connectivity index (χ1v) is 7.58. The average Bonchev–Trinajstić information content (AvgIpc) is 2.72. The molecule has 5 heteroatoms. The number of rotatable bonds is 0. The Labute approximate surface area is 96.1 Å². The van der Waals surface area contributed by atoms with Gasteiger partial charge in [0.15, 0.2) is 0 Å². The second-order valence-electron chi connectivity index (χ2n) is 3.60. The Hall–Kier alpha value is -0.650. The molecule has 0 fully saturated rings. The minimum Gasteiger partial charge on any atom is -0.218 e. The summed E-state index contributed by atoms with van der Waals surface area (Å²) in [5.41, 5.74) is 0. The minimum absolute atomic E-state index is 0.506. The molecule has 0 spiro atoms. The maximum Gasteiger partial charge on any atom is 0.209 e. The molecule has 15 heavy (non-hydrogen) atoms. The molecule has 0 radical (unpaired) electrons. The van der Waals surface area contributed by atoms with Crippen molar-refractivity contribution in [2.45, 2.75) is 23.6 Å². The molecule has 0 amide bonds. The van der Waals surface area contributed by atoms with Crippen molar-refractivity contribution in [1.29, 1.82) is 0 Å². The van der Waals surface area contributed by atoms with E-state index in [4.69, 9.17) is 0 Å². The second kappa shape index (κ2) is 2.72. The molecule has 0 atom stereocenters. The number of fused-ring (bicyclic) bond motifs is 3. The van der Waals surface area contributed by atoms with Crippen LogP contribution in [0.15, 0.2) is 21.9 Å². The normalized spacial score (nSPS) is 16.4. The van der Waals surface area contributed by atoms with Crippen molar-refractivity contribution in [2.24, 2.45) is 0 Å². The number of hydrogen-bond acceptors (Lipinski definition) is 4. The van der Waals surface area contributed by atoms with Crippen molar-refractivity contribution in [3.8, 4) is 9.75 Å². The second-order valence-corrected chi connectivity index (χ2v) is 8.00. The number of hydrogen-bond donors (Lipinski definition) is 0. The largest absolute Gasteiger partial charge is 0.218 e. The van der Waals surface area contributed by atoms with Gasteiger partial charge in [0.2, 0.25) is 9.84 Å². The molecule has 0 unspecified atom stereocenters. The fourth-order valence-electron chi connectivity index (χ4n) is 1.82. The highest BCUT2D eigenvalue weighted by molar-refractivity contribution is 7.92. The highest BCUT2D eigenvalue weighted by Gasteiger charge is 2.36. The molecule has 2 nitrogen and oxygen atoms in total. The summed E-state index contributed by atoms with van der Waals surface area (Å²) in [6.45, 7) is 3.89. The summed E-state index contributed by atoms with van der Waals surface area (Å²) in [7, 11) is -3.20. The Kier molecular flexibility index (Phi) is 1.74. The quantitative estimate of drug-likeness (QED) is 0.619. The Morgan fingerprint density at radius 2 is 1.33 bits per heavy atom. The van der Waals surface area contributed by atoms with E-state index in [0.717, 1.165) is 19.5 Å². The van der Waals surface area contributed by atoms with Gasteiger partial charge in [0, 0.05) is 9.75 Å². The van der Waals surface area contributed by atoms with E-state index in [1.807, 2.05) is 13.8 Å². The molecular formula is C10H8O2S3. The van der Waals surface area contributed by atoms with Crippen LogP contribution in [0.25, 0.3) is 9.75 Å². The van der Waals surface area contributed by atoms with Crippen LogP contribution in [0.3, 0.4) is 0 Å². The molecule has 1 aliphatic heterocycles. The van der Waals surface area contributed by atoms with E-state index in [1.54, 1.807) is 34.8 Å². The van der Waals surface area contributed by atoms with Gasteiger partial charge in [0.25, 0.3) is 0 Å². The fraction of sp³-hybridized carbons (Fsp3) is 0.200. The molecule has 0 saturated carbocycles. The number of sulfone groups is 1. The lowest BCUT2D eigenvalue weighted by Crippen LogP contribution is -1.94. The van der Waals surface area contributed by atoms with E-state index in [-0.39, 0.29) is 0 Å². The van der Waals surface area contributed by atoms with Gasteiger partial charge in [0.1, 0.15) is 0 Å². The smallest absolute Gasteiger partial charge is 0.209 e. The summed E-state index contributed by atoms with van der Waals surface area (Å²) in [6, 6.07) is 3.55. The molecule has 0 aromatic carbocycles. The van der Waals surface area contributed by atoms with Crippen molar-refractivity contribution in [1.82, 2.24) is 0 Å². The van der Waals surface area contributed by atoms with E-state index in [2.05, 4.69) is 0 Å². The Morgan fingerprint density at radius 1 is 0.933 bits per heavy atom. The maximum atomic E-state index is 12.1. The molecule has 0 aliphatic carbocycles. The van der Waals surface area contributed by atoms with Crippen LogP contribution in [0, 0.1) is 13.8 Å². The summed E-state index contributed by atoms with van der Waals surface area (Å²) in [5.74, 6) is 0. The van der Waals surface area contributed by atoms with Crippen molar-refractivity contribution >= 4 is 32.5 Å². The molecule has 2 aromatic heterocycles. The van der Waals surface area contributed by atoms with Crippen LogP contribution in [0.2, 0.25) is 0 Å². The highest BCUT2D eigenvalue weighted by Crippen LogP contribution is 2.51. The fourth-order valence-corrected chi connectivity index (χ4v) is 6.57. The maximum absolute atomic E-state index is 12.1. The van der Waals surface area contributed by atoms with Crippen LogP contribution in [0.1, 0.15) is 9.75 Å². The topological polar surface area (TPSA) is 34.1 Å². The first kappa shape index (κ1) is 9.57. The van der Waals surface area contributed by atoms with Crippen LogP contribution in [0.5, 0.6) is 0 Å². The van der Waals surface area contributed by atoms with Gasteiger partial charge >= 0.3 is 0 Å². The monoisotopic (exact) mass is 256 g/mol. The summed E-state index contributed by atoms with van der Waals surface area (Å²) in [5, 5.41) is 0. The summed E-state index contributed by atoms with van der Waals surface area (Å²) >= 11 is 3.13. The lowest BCUT2D eigenvalue weighted by molar-refractivity contribution is 0.599. The van der Waals surface area contributed by atoms with Crippen molar-refractivity contribution in [3.63, 3.8) is 0 Å². The van der Waals surface area contributed by atoms with Gasteiger partial charge in [-0.25, -0.2) is 8.42 Å². The van der Waals surface area contributed by atoms with Gasteiger partial charge in [-0.3, -0.25) is 0 Å². The first-order chi connectivity index (χ1) is 7.00. The lowest BCUT2D eigenvalue weighted by atomic mass is 10.3. The number of aryl methyl sites for hydroxylation is 2. The van der Waals surface area contributed by atoms with Crippen molar-refractivity contribution in [2.75, 3.05) is 0 Å². The Morgan fingerprint density at radius 3 is 1.73 bits per heavy atom. The van der Waals surface area contributed by atoms with Crippen LogP contribution in [-0.4, -0.2) is 8.42 Å². The molecular weight excluding hydrogens is 248 g/mol. The standard InChI is InChI=1S/C10H8O2S3/c1-5-3-7-9(13-5)10-8(15(7,11)12)4-6(2)14-10/h3-4H,1-2H3. The predicted octanol–water partition coefficient (Wildman–Crippen LogP) is 3.24. The molecule has 0 N–H and O–H groups in total. The predicted molar refractivity (Wildman–Crippen MR) is 62.6 cm³/mol. The molecule has 3 heterocycles. The Bertz CT molecular complexity index is 607. The van der Waals surface area contributed by atoms with Gasteiger partial charge in [-0.1, -0.05) is 0 Å². The summed E-state index contributed by atoms with van der Waals surface area (Å²) in [4.78, 5) is 4.99. The van der Waals surface area contributed by atoms with Crippen molar-refractivity contribution in [3.05, 3.63) is 21.9 Å². The van der Waals surface area contributed by atoms with Crippen LogP contribution in [-0.2, 0) is 9.84 Å². The van der Waals surface area contributed by atoms with E-state index in [9.17, 15) is 8.42 Å². The Balaban J connectivity index is 2.49. The molecule has 78 valence electrons. The third-order valence-electron chi connectivity index (χ3n) is 2.43. The van der Waals surface area contributed by atoms with E-state index in [0.29, 0.717) is 9.79 Å². The highest BCUT2D eigenvalue weighted by atomic mass is 32.2. The zero-order valence-electron chi connectivity index (χ0n) is 8.20. The zero-order chi connectivity index (χ0) is 10.8. The summed E-state index contributed by atoms with van der Waals surface area (Å²) in [6.07, 6.45) is 0. The SMILES string of the molecule is Cc1cc2c(s1)-c1sc(C)cc1S2(=O)=O. The van der Waals surface area contributed by atoms with Gasteiger partial charge in [-0.2, -0.15) is 0 Å². The van der Waals surface area contributed by atoms with Gasteiger partial charge in [0.05, 0.1) is 19.5 Å². The third kappa shape index (κ3) is 1.11. The average molecular weight is 256 g/mol. The molecule has 2 aromatic rings. The van der Waals surface area contributed by atoms with E-state index in [1.165, 1.54) is 0 Å². The molecule has 1 aliphatic rings. The summed E-state index contributed by atoms with van der Waals surface area (Å²) < 4.78 is 24.2. The minimum atomic E-state index is -3.20. The van der Waals surface area contributed by atoms with E-state index >= 15 is 0 Å². The zero-order valence-corrected chi connectivity index (χ0v) is 10.6. The third-order valence-corrected chi connectivity index (χ3v) is 6.75. The van der Waals surface area contributed by atoms with Gasteiger partial charge in [-0.05, 0) is 26.0 Å².